The van der Waals surface area contributed by atoms with Crippen molar-refractivity contribution in [1.29, 1.82) is 0 Å². The lowest BCUT2D eigenvalue weighted by atomic mass is 10.1. The molecule has 0 N–H and O–H groups in total. The highest BCUT2D eigenvalue weighted by molar-refractivity contribution is 6.07. The van der Waals surface area contributed by atoms with Crippen LogP contribution >= 0.6 is 0 Å². The van der Waals surface area contributed by atoms with Crippen molar-refractivity contribution in [3.05, 3.63) is 65.2 Å². The number of carbonyl (C=O) groups excluding carboxylic acids is 1. The molecule has 2 aromatic rings. The van der Waals surface area contributed by atoms with Gasteiger partial charge in [0.1, 0.15) is 11.6 Å². The maximum Gasteiger partial charge on any atom is 0.387 e. The predicted molar refractivity (Wildman–Crippen MR) is 79.3 cm³/mol. The molecule has 0 heterocycles. The second kappa shape index (κ2) is 7.63. The molecule has 3 nitrogen and oxygen atoms in total. The van der Waals surface area contributed by atoms with Crippen molar-refractivity contribution in [2.75, 3.05) is 7.11 Å². The molecule has 0 fully saturated rings. The lowest BCUT2D eigenvalue weighted by molar-refractivity contribution is -0.0512. The highest BCUT2D eigenvalue weighted by atomic mass is 19.3. The molecule has 126 valence electrons. The van der Waals surface area contributed by atoms with Gasteiger partial charge in [0.15, 0.2) is 17.3 Å². The van der Waals surface area contributed by atoms with Gasteiger partial charge in [-0.25, -0.2) is 8.78 Å². The molecule has 0 aliphatic carbocycles. The molecule has 7 heteroatoms. The number of methoxy groups -OCH3 is 1. The van der Waals surface area contributed by atoms with Gasteiger partial charge in [-0.15, -0.1) is 0 Å². The largest absolute Gasteiger partial charge is 0.493 e. The molecule has 0 radical (unpaired) electrons. The Bertz CT molecular complexity index is 772. The van der Waals surface area contributed by atoms with Crippen molar-refractivity contribution in [3.8, 4) is 11.5 Å². The quantitative estimate of drug-likeness (QED) is 0.442. The maximum absolute atomic E-state index is 13.5. The highest BCUT2D eigenvalue weighted by Gasteiger charge is 2.13. The number of allylic oxidation sites excluding steroid dienone is 1. The number of halogens is 4. The zero-order chi connectivity index (χ0) is 17.7. The van der Waals surface area contributed by atoms with Crippen molar-refractivity contribution >= 4 is 11.9 Å². The smallest absolute Gasteiger partial charge is 0.387 e. The molecule has 24 heavy (non-hydrogen) atoms. The summed E-state index contributed by atoms with van der Waals surface area (Å²) in [5.74, 6) is -2.30. The zero-order valence-electron chi connectivity index (χ0n) is 12.4. The molecule has 0 aromatic heterocycles. The topological polar surface area (TPSA) is 35.5 Å². The van der Waals surface area contributed by atoms with E-state index in [1.807, 2.05) is 0 Å². The average Bonchev–Trinajstić information content (AvgIpc) is 2.53. The summed E-state index contributed by atoms with van der Waals surface area (Å²) in [4.78, 5) is 12.1. The van der Waals surface area contributed by atoms with Crippen LogP contribution in [0.15, 0.2) is 42.5 Å². The Balaban J connectivity index is 2.21. The van der Waals surface area contributed by atoms with Crippen molar-refractivity contribution < 1.29 is 31.8 Å². The minimum absolute atomic E-state index is 0.0365. The number of ketones is 1. The number of hydrogen-bond acceptors (Lipinski definition) is 3. The van der Waals surface area contributed by atoms with Gasteiger partial charge < -0.3 is 9.47 Å². The van der Waals surface area contributed by atoms with Crippen LogP contribution in [-0.2, 0) is 0 Å². The summed E-state index contributed by atoms with van der Waals surface area (Å²) in [6.45, 7) is -3.03. The minimum Gasteiger partial charge on any atom is -0.493 e. The van der Waals surface area contributed by atoms with Gasteiger partial charge in [0.2, 0.25) is 0 Å². The molecule has 2 aromatic carbocycles. The van der Waals surface area contributed by atoms with E-state index >= 15 is 0 Å². The number of rotatable bonds is 6. The fraction of sp³-hybridized carbons (Fsp3) is 0.118. The molecular weight excluding hydrogens is 328 g/mol. The highest BCUT2D eigenvalue weighted by Crippen LogP contribution is 2.29. The van der Waals surface area contributed by atoms with Crippen molar-refractivity contribution in [3.63, 3.8) is 0 Å². The van der Waals surface area contributed by atoms with Crippen LogP contribution < -0.4 is 9.47 Å². The Kier molecular flexibility index (Phi) is 5.57. The summed E-state index contributed by atoms with van der Waals surface area (Å²) in [6, 6.07) is 6.62. The van der Waals surface area contributed by atoms with Gasteiger partial charge in [0.25, 0.3) is 0 Å². The summed E-state index contributed by atoms with van der Waals surface area (Å²) < 4.78 is 60.0. The van der Waals surface area contributed by atoms with E-state index in [0.717, 1.165) is 12.1 Å². The molecule has 0 unspecified atom stereocenters. The summed E-state index contributed by atoms with van der Waals surface area (Å²) in [7, 11) is 1.24. The van der Waals surface area contributed by atoms with Crippen LogP contribution in [0.3, 0.4) is 0 Å². The SMILES string of the molecule is COc1cc(C(=O)C=Cc2ccc(F)cc2F)ccc1OC(F)F. The number of alkyl halides is 2. The first-order valence-corrected chi connectivity index (χ1v) is 6.71. The number of carbonyl (C=O) groups is 1. The molecule has 0 saturated carbocycles. The second-order valence-electron chi connectivity index (χ2n) is 4.61. The lowest BCUT2D eigenvalue weighted by Gasteiger charge is -2.10. The van der Waals surface area contributed by atoms with Crippen LogP contribution in [0, 0.1) is 11.6 Å². The van der Waals surface area contributed by atoms with E-state index in [-0.39, 0.29) is 22.6 Å². The third-order valence-electron chi connectivity index (χ3n) is 3.04. The van der Waals surface area contributed by atoms with E-state index in [2.05, 4.69) is 4.74 Å². The van der Waals surface area contributed by atoms with E-state index in [0.29, 0.717) is 6.07 Å². The third-order valence-corrected chi connectivity index (χ3v) is 3.04. The summed E-state index contributed by atoms with van der Waals surface area (Å²) in [5.41, 5.74) is 0.168. The van der Waals surface area contributed by atoms with Crippen molar-refractivity contribution in [2.24, 2.45) is 0 Å². The molecule has 0 atom stereocenters. The van der Waals surface area contributed by atoms with E-state index in [9.17, 15) is 22.4 Å². The van der Waals surface area contributed by atoms with Crippen LogP contribution in [0.4, 0.5) is 17.6 Å². The number of benzene rings is 2. The van der Waals surface area contributed by atoms with Gasteiger partial charge in [-0.2, -0.15) is 8.78 Å². The number of ether oxygens (including phenoxy) is 2. The first kappa shape index (κ1) is 17.5. The monoisotopic (exact) mass is 340 g/mol. The van der Waals surface area contributed by atoms with Crippen molar-refractivity contribution in [2.45, 2.75) is 6.61 Å². The fourth-order valence-electron chi connectivity index (χ4n) is 1.91. The van der Waals surface area contributed by atoms with Gasteiger partial charge in [-0.1, -0.05) is 0 Å². The Morgan fingerprint density at radius 1 is 1.08 bits per heavy atom. The Morgan fingerprint density at radius 2 is 1.83 bits per heavy atom. The standard InChI is InChI=1S/C17H12F4O3/c1-23-16-8-11(4-7-15(16)24-17(20)21)14(22)6-3-10-2-5-12(18)9-13(10)19/h2-9,17H,1H3. The van der Waals surface area contributed by atoms with Gasteiger partial charge in [-0.3, -0.25) is 4.79 Å². The third kappa shape index (κ3) is 4.34. The van der Waals surface area contributed by atoms with Crippen molar-refractivity contribution in [1.82, 2.24) is 0 Å². The molecule has 0 bridgehead atoms. The van der Waals surface area contributed by atoms with Crippen LogP contribution in [0.1, 0.15) is 15.9 Å². The summed E-state index contributed by atoms with van der Waals surface area (Å²) in [5, 5.41) is 0. The van der Waals surface area contributed by atoms with E-state index in [1.165, 1.54) is 37.5 Å². The normalized spacial score (nSPS) is 11.1. The Hall–Kier alpha value is -2.83. The summed E-state index contributed by atoms with van der Waals surface area (Å²) >= 11 is 0. The predicted octanol–water partition coefficient (Wildman–Crippen LogP) is 4.47. The molecule has 0 aliphatic heterocycles. The van der Waals surface area contributed by atoms with Gasteiger partial charge >= 0.3 is 6.61 Å². The second-order valence-corrected chi connectivity index (χ2v) is 4.61. The first-order chi connectivity index (χ1) is 11.4. The van der Waals surface area contributed by atoms with Gasteiger partial charge in [0, 0.05) is 17.2 Å². The molecule has 2 rings (SSSR count). The molecule has 0 aliphatic rings. The fourth-order valence-corrected chi connectivity index (χ4v) is 1.91. The van der Waals surface area contributed by atoms with Gasteiger partial charge in [-0.05, 0) is 42.5 Å². The van der Waals surface area contributed by atoms with Crippen LogP contribution in [-0.4, -0.2) is 19.5 Å². The van der Waals surface area contributed by atoms with Crippen LogP contribution in [0.5, 0.6) is 11.5 Å². The minimum atomic E-state index is -3.03. The maximum atomic E-state index is 13.5. The molecule has 0 amide bonds. The number of hydrogen-bond donors (Lipinski definition) is 0. The zero-order valence-corrected chi connectivity index (χ0v) is 12.4. The molecule has 0 saturated heterocycles. The Labute approximate surface area is 135 Å². The van der Waals surface area contributed by atoms with E-state index in [1.54, 1.807) is 0 Å². The van der Waals surface area contributed by atoms with Crippen LogP contribution in [0.2, 0.25) is 0 Å². The first-order valence-electron chi connectivity index (χ1n) is 6.71. The summed E-state index contributed by atoms with van der Waals surface area (Å²) in [6.07, 6.45) is 2.27. The van der Waals surface area contributed by atoms with Gasteiger partial charge in [0.05, 0.1) is 7.11 Å². The van der Waals surface area contributed by atoms with E-state index in [4.69, 9.17) is 4.74 Å². The average molecular weight is 340 g/mol. The van der Waals surface area contributed by atoms with E-state index < -0.39 is 24.0 Å². The lowest BCUT2D eigenvalue weighted by Crippen LogP contribution is -2.04. The Morgan fingerprint density at radius 3 is 2.46 bits per heavy atom. The molecule has 0 spiro atoms. The molecular formula is C17H12F4O3. The van der Waals surface area contributed by atoms with Crippen LogP contribution in [0.25, 0.3) is 6.08 Å².